The Kier molecular flexibility index (Phi) is 4.59. The third kappa shape index (κ3) is 3.65. The Balaban J connectivity index is 1.71. The number of halogens is 1. The van der Waals surface area contributed by atoms with E-state index in [9.17, 15) is 0 Å². The van der Waals surface area contributed by atoms with E-state index in [-0.39, 0.29) is 6.04 Å². The van der Waals surface area contributed by atoms with Crippen LogP contribution < -0.4 is 5.73 Å². The third-order valence-electron chi connectivity index (χ3n) is 4.15. The van der Waals surface area contributed by atoms with Crippen LogP contribution in [0.15, 0.2) is 48.5 Å². The number of nitrogens with zero attached hydrogens (tertiary/aromatic N) is 1. The number of hydrogen-bond donors (Lipinski definition) is 1. The molecule has 1 aliphatic rings. The minimum Gasteiger partial charge on any atom is -0.320 e. The maximum Gasteiger partial charge on any atom is 0.0552 e. The van der Waals surface area contributed by atoms with Gasteiger partial charge >= 0.3 is 0 Å². The van der Waals surface area contributed by atoms with Crippen LogP contribution in [-0.4, -0.2) is 18.0 Å². The SMILES string of the molecule is NC(c1ccc(CN2CCCC2)cc1)c1cccc(Cl)c1. The molecule has 0 aliphatic carbocycles. The molecule has 2 N–H and O–H groups in total. The van der Waals surface area contributed by atoms with E-state index >= 15 is 0 Å². The van der Waals surface area contributed by atoms with E-state index in [2.05, 4.69) is 29.2 Å². The lowest BCUT2D eigenvalue weighted by atomic mass is 9.98. The molecule has 1 saturated heterocycles. The average molecular weight is 301 g/mol. The van der Waals surface area contributed by atoms with E-state index in [1.165, 1.54) is 31.5 Å². The van der Waals surface area contributed by atoms with E-state index in [1.807, 2.05) is 24.3 Å². The molecule has 2 aromatic rings. The monoisotopic (exact) mass is 300 g/mol. The second kappa shape index (κ2) is 6.61. The van der Waals surface area contributed by atoms with Gasteiger partial charge in [0, 0.05) is 11.6 Å². The summed E-state index contributed by atoms with van der Waals surface area (Å²) in [5, 5.41) is 0.730. The molecule has 2 aromatic carbocycles. The van der Waals surface area contributed by atoms with E-state index in [4.69, 9.17) is 17.3 Å². The Labute approximate surface area is 131 Å². The third-order valence-corrected chi connectivity index (χ3v) is 4.39. The number of likely N-dealkylation sites (tertiary alicyclic amines) is 1. The number of rotatable bonds is 4. The molecule has 2 nitrogen and oxygen atoms in total. The molecule has 1 fully saturated rings. The van der Waals surface area contributed by atoms with Crippen LogP contribution in [0.1, 0.15) is 35.6 Å². The number of nitrogens with two attached hydrogens (primary N) is 1. The summed E-state index contributed by atoms with van der Waals surface area (Å²) in [7, 11) is 0. The fourth-order valence-electron chi connectivity index (χ4n) is 2.92. The zero-order chi connectivity index (χ0) is 14.7. The molecular formula is C18H21ClN2. The predicted octanol–water partition coefficient (Wildman–Crippen LogP) is 3.98. The van der Waals surface area contributed by atoms with Crippen LogP contribution in [0, 0.1) is 0 Å². The van der Waals surface area contributed by atoms with Gasteiger partial charge in [-0.2, -0.15) is 0 Å². The summed E-state index contributed by atoms with van der Waals surface area (Å²) in [6.45, 7) is 3.50. The summed E-state index contributed by atoms with van der Waals surface area (Å²) >= 11 is 6.04. The van der Waals surface area contributed by atoms with Gasteiger partial charge in [0.2, 0.25) is 0 Å². The van der Waals surface area contributed by atoms with Crippen LogP contribution in [0.25, 0.3) is 0 Å². The van der Waals surface area contributed by atoms with Crippen LogP contribution in [0.3, 0.4) is 0 Å². The van der Waals surface area contributed by atoms with Crippen molar-refractivity contribution < 1.29 is 0 Å². The first-order valence-corrected chi connectivity index (χ1v) is 7.92. The molecule has 0 saturated carbocycles. The zero-order valence-corrected chi connectivity index (χ0v) is 12.9. The molecule has 0 amide bonds. The first-order chi connectivity index (χ1) is 10.2. The van der Waals surface area contributed by atoms with Gasteiger partial charge in [-0.3, -0.25) is 4.90 Å². The van der Waals surface area contributed by atoms with Crippen LogP contribution in [0.2, 0.25) is 5.02 Å². The Hall–Kier alpha value is -1.35. The number of benzene rings is 2. The lowest BCUT2D eigenvalue weighted by molar-refractivity contribution is 0.331. The quantitative estimate of drug-likeness (QED) is 0.925. The number of hydrogen-bond acceptors (Lipinski definition) is 2. The highest BCUT2D eigenvalue weighted by molar-refractivity contribution is 6.30. The molecule has 3 rings (SSSR count). The van der Waals surface area contributed by atoms with Crippen LogP contribution in [0.4, 0.5) is 0 Å². The van der Waals surface area contributed by atoms with Crippen molar-refractivity contribution in [2.75, 3.05) is 13.1 Å². The van der Waals surface area contributed by atoms with Crippen molar-refractivity contribution >= 4 is 11.6 Å². The second-order valence-electron chi connectivity index (χ2n) is 5.76. The molecule has 3 heteroatoms. The van der Waals surface area contributed by atoms with Crippen molar-refractivity contribution in [1.82, 2.24) is 4.90 Å². The topological polar surface area (TPSA) is 29.3 Å². The summed E-state index contributed by atoms with van der Waals surface area (Å²) in [5.74, 6) is 0. The summed E-state index contributed by atoms with van der Waals surface area (Å²) in [5.41, 5.74) is 9.87. The van der Waals surface area contributed by atoms with Crippen molar-refractivity contribution in [3.63, 3.8) is 0 Å². The Morgan fingerprint density at radius 1 is 1.00 bits per heavy atom. The van der Waals surface area contributed by atoms with Crippen molar-refractivity contribution in [3.8, 4) is 0 Å². The van der Waals surface area contributed by atoms with Crippen LogP contribution in [0.5, 0.6) is 0 Å². The van der Waals surface area contributed by atoms with Gasteiger partial charge in [0.25, 0.3) is 0 Å². The molecular weight excluding hydrogens is 280 g/mol. The van der Waals surface area contributed by atoms with Crippen LogP contribution in [-0.2, 0) is 6.54 Å². The maximum atomic E-state index is 6.33. The van der Waals surface area contributed by atoms with Gasteiger partial charge in [0.05, 0.1) is 6.04 Å². The minimum absolute atomic E-state index is 0.121. The van der Waals surface area contributed by atoms with Gasteiger partial charge in [-0.25, -0.2) is 0 Å². The summed E-state index contributed by atoms with van der Waals surface area (Å²) in [6, 6.07) is 16.3. The largest absolute Gasteiger partial charge is 0.320 e. The smallest absolute Gasteiger partial charge is 0.0552 e. The van der Waals surface area contributed by atoms with Gasteiger partial charge in [-0.05, 0) is 54.8 Å². The molecule has 1 unspecified atom stereocenters. The molecule has 0 spiro atoms. The van der Waals surface area contributed by atoms with E-state index in [1.54, 1.807) is 0 Å². The lowest BCUT2D eigenvalue weighted by Crippen LogP contribution is -2.18. The highest BCUT2D eigenvalue weighted by Gasteiger charge is 2.13. The maximum absolute atomic E-state index is 6.33. The van der Waals surface area contributed by atoms with Crippen molar-refractivity contribution in [1.29, 1.82) is 0 Å². The normalized spacial score (nSPS) is 17.0. The Morgan fingerprint density at radius 3 is 2.38 bits per heavy atom. The molecule has 1 heterocycles. The van der Waals surface area contributed by atoms with E-state index < -0.39 is 0 Å². The molecule has 1 aliphatic heterocycles. The van der Waals surface area contributed by atoms with Crippen molar-refractivity contribution in [2.45, 2.75) is 25.4 Å². The van der Waals surface area contributed by atoms with Gasteiger partial charge in [0.1, 0.15) is 0 Å². The molecule has 0 radical (unpaired) electrons. The summed E-state index contributed by atoms with van der Waals surface area (Å²) in [4.78, 5) is 2.51. The minimum atomic E-state index is -0.121. The summed E-state index contributed by atoms with van der Waals surface area (Å²) < 4.78 is 0. The average Bonchev–Trinajstić information content (AvgIpc) is 3.00. The van der Waals surface area contributed by atoms with E-state index in [0.717, 1.165) is 22.7 Å². The molecule has 110 valence electrons. The van der Waals surface area contributed by atoms with Gasteiger partial charge in [0.15, 0.2) is 0 Å². The standard InChI is InChI=1S/C18H21ClN2/c19-17-5-3-4-16(12-17)18(20)15-8-6-14(7-9-15)13-21-10-1-2-11-21/h3-9,12,18H,1-2,10-11,13,20H2. The van der Waals surface area contributed by atoms with Crippen molar-refractivity contribution in [3.05, 3.63) is 70.2 Å². The fraction of sp³-hybridized carbons (Fsp3) is 0.333. The first kappa shape index (κ1) is 14.6. The van der Waals surface area contributed by atoms with Gasteiger partial charge in [-0.15, -0.1) is 0 Å². The molecule has 21 heavy (non-hydrogen) atoms. The first-order valence-electron chi connectivity index (χ1n) is 7.54. The lowest BCUT2D eigenvalue weighted by Gasteiger charge is -2.16. The Bertz CT molecular complexity index is 588. The predicted molar refractivity (Wildman–Crippen MR) is 88.4 cm³/mol. The molecule has 0 bridgehead atoms. The highest BCUT2D eigenvalue weighted by Crippen LogP contribution is 2.23. The summed E-state index contributed by atoms with van der Waals surface area (Å²) in [6.07, 6.45) is 2.66. The second-order valence-corrected chi connectivity index (χ2v) is 6.19. The molecule has 0 aromatic heterocycles. The van der Waals surface area contributed by atoms with Gasteiger partial charge in [-0.1, -0.05) is 48.0 Å². The Morgan fingerprint density at radius 2 is 1.71 bits per heavy atom. The van der Waals surface area contributed by atoms with Crippen molar-refractivity contribution in [2.24, 2.45) is 5.73 Å². The zero-order valence-electron chi connectivity index (χ0n) is 12.1. The fourth-order valence-corrected chi connectivity index (χ4v) is 3.12. The van der Waals surface area contributed by atoms with Gasteiger partial charge < -0.3 is 5.73 Å². The van der Waals surface area contributed by atoms with E-state index in [0.29, 0.717) is 0 Å². The molecule has 1 atom stereocenters. The van der Waals surface area contributed by atoms with Crippen LogP contribution >= 0.6 is 11.6 Å². The highest BCUT2D eigenvalue weighted by atomic mass is 35.5.